The molecule has 0 saturated heterocycles. The van der Waals surface area contributed by atoms with Gasteiger partial charge in [0.2, 0.25) is 5.91 Å². The molecule has 1 atom stereocenters. The molecule has 2 rings (SSSR count). The Balaban J connectivity index is 2.05. The molecule has 0 aliphatic heterocycles. The third kappa shape index (κ3) is 3.47. The van der Waals surface area contributed by atoms with Gasteiger partial charge in [-0.2, -0.15) is 0 Å². The first-order valence-corrected chi connectivity index (χ1v) is 6.82. The number of para-hydroxylation sites is 1. The molecule has 103 valence electrons. The molecule has 2 nitrogen and oxygen atoms in total. The molecule has 0 aromatic heterocycles. The highest BCUT2D eigenvalue weighted by molar-refractivity contribution is 5.94. The van der Waals surface area contributed by atoms with E-state index in [-0.39, 0.29) is 11.8 Å². The summed E-state index contributed by atoms with van der Waals surface area (Å²) in [5.74, 6) is -0.331. The number of amides is 1. The molecule has 2 heteroatoms. The fraction of sp³-hybridized carbons (Fsp3) is 0.222. The summed E-state index contributed by atoms with van der Waals surface area (Å²) >= 11 is 0. The summed E-state index contributed by atoms with van der Waals surface area (Å²) in [5, 5.41) is 3.00. The predicted octanol–water partition coefficient (Wildman–Crippen LogP) is 3.93. The Morgan fingerprint density at radius 2 is 1.65 bits per heavy atom. The zero-order chi connectivity index (χ0) is 14.5. The SMILES string of the molecule is [CH2][C@@H](Cc1ccccc1)C(=O)Nc1c(C)cccc1C. The zero-order valence-corrected chi connectivity index (χ0v) is 12.0. The smallest absolute Gasteiger partial charge is 0.227 e. The number of nitrogens with one attached hydrogen (secondary N) is 1. The van der Waals surface area contributed by atoms with Crippen LogP contribution in [0.3, 0.4) is 0 Å². The minimum absolute atomic E-state index is 0.0359. The second-order valence-corrected chi connectivity index (χ2v) is 5.14. The number of carbonyl (C=O) groups is 1. The average molecular weight is 266 g/mol. The molecular weight excluding hydrogens is 246 g/mol. The van der Waals surface area contributed by atoms with Crippen molar-refractivity contribution >= 4 is 11.6 Å². The van der Waals surface area contributed by atoms with Crippen LogP contribution in [0.2, 0.25) is 0 Å². The van der Waals surface area contributed by atoms with Gasteiger partial charge in [0.1, 0.15) is 0 Å². The molecule has 2 aromatic carbocycles. The highest BCUT2D eigenvalue weighted by Gasteiger charge is 2.15. The van der Waals surface area contributed by atoms with Crippen molar-refractivity contribution in [1.82, 2.24) is 0 Å². The molecule has 1 radical (unpaired) electrons. The number of carbonyl (C=O) groups excluding carboxylic acids is 1. The van der Waals surface area contributed by atoms with Crippen LogP contribution >= 0.6 is 0 Å². The van der Waals surface area contributed by atoms with Gasteiger partial charge in [-0.25, -0.2) is 0 Å². The molecule has 0 unspecified atom stereocenters. The Morgan fingerprint density at radius 1 is 1.05 bits per heavy atom. The van der Waals surface area contributed by atoms with Crippen LogP contribution in [0.15, 0.2) is 48.5 Å². The summed E-state index contributed by atoms with van der Waals surface area (Å²) in [6.07, 6.45) is 0.650. The van der Waals surface area contributed by atoms with Gasteiger partial charge in [0.15, 0.2) is 0 Å². The largest absolute Gasteiger partial charge is 0.325 e. The van der Waals surface area contributed by atoms with E-state index in [0.29, 0.717) is 6.42 Å². The van der Waals surface area contributed by atoms with E-state index in [2.05, 4.69) is 12.2 Å². The van der Waals surface area contributed by atoms with Gasteiger partial charge >= 0.3 is 0 Å². The van der Waals surface area contributed by atoms with Crippen LogP contribution < -0.4 is 5.32 Å². The Labute approximate surface area is 120 Å². The van der Waals surface area contributed by atoms with Crippen molar-refractivity contribution in [3.8, 4) is 0 Å². The lowest BCUT2D eigenvalue weighted by atomic mass is 10.00. The van der Waals surface area contributed by atoms with Gasteiger partial charge in [0.25, 0.3) is 0 Å². The van der Waals surface area contributed by atoms with Crippen LogP contribution in [0.4, 0.5) is 5.69 Å². The Kier molecular flexibility index (Phi) is 4.57. The van der Waals surface area contributed by atoms with E-state index in [0.717, 1.165) is 22.4 Å². The fourth-order valence-corrected chi connectivity index (χ4v) is 2.23. The maximum absolute atomic E-state index is 12.2. The first-order valence-electron chi connectivity index (χ1n) is 6.82. The van der Waals surface area contributed by atoms with Crippen molar-refractivity contribution in [3.05, 3.63) is 72.1 Å². The van der Waals surface area contributed by atoms with Crippen molar-refractivity contribution in [1.29, 1.82) is 0 Å². The number of benzene rings is 2. The monoisotopic (exact) mass is 266 g/mol. The van der Waals surface area contributed by atoms with Crippen LogP contribution in [0.25, 0.3) is 0 Å². The molecule has 1 N–H and O–H groups in total. The van der Waals surface area contributed by atoms with Crippen molar-refractivity contribution in [2.24, 2.45) is 5.92 Å². The third-order valence-corrected chi connectivity index (χ3v) is 3.43. The van der Waals surface area contributed by atoms with Gasteiger partial charge in [0.05, 0.1) is 0 Å². The number of aryl methyl sites for hydroxylation is 2. The lowest BCUT2D eigenvalue weighted by Crippen LogP contribution is -2.23. The van der Waals surface area contributed by atoms with Crippen molar-refractivity contribution in [2.45, 2.75) is 20.3 Å². The molecule has 0 aliphatic rings. The molecule has 0 spiro atoms. The highest BCUT2D eigenvalue weighted by atomic mass is 16.1. The number of anilines is 1. The second kappa shape index (κ2) is 6.38. The maximum atomic E-state index is 12.2. The minimum Gasteiger partial charge on any atom is -0.325 e. The minimum atomic E-state index is -0.295. The summed E-state index contributed by atoms with van der Waals surface area (Å²) in [6.45, 7) is 7.97. The fourth-order valence-electron chi connectivity index (χ4n) is 2.23. The number of rotatable bonds is 4. The quantitative estimate of drug-likeness (QED) is 0.892. The van der Waals surface area contributed by atoms with E-state index in [4.69, 9.17) is 0 Å². The molecule has 0 saturated carbocycles. The van der Waals surface area contributed by atoms with Gasteiger partial charge in [-0.15, -0.1) is 0 Å². The van der Waals surface area contributed by atoms with Gasteiger partial charge in [0, 0.05) is 11.6 Å². The van der Waals surface area contributed by atoms with E-state index < -0.39 is 0 Å². The van der Waals surface area contributed by atoms with Gasteiger partial charge < -0.3 is 5.32 Å². The summed E-state index contributed by atoms with van der Waals surface area (Å²) < 4.78 is 0. The molecule has 1 amide bonds. The molecule has 0 fully saturated rings. The Hall–Kier alpha value is -2.09. The predicted molar refractivity (Wildman–Crippen MR) is 83.5 cm³/mol. The Bertz CT molecular complexity index is 569. The summed E-state index contributed by atoms with van der Waals surface area (Å²) in [5.41, 5.74) is 4.18. The van der Waals surface area contributed by atoms with E-state index in [1.54, 1.807) is 0 Å². The summed E-state index contributed by atoms with van der Waals surface area (Å²) in [6, 6.07) is 16.0. The van der Waals surface area contributed by atoms with Crippen molar-refractivity contribution in [2.75, 3.05) is 5.32 Å². The lowest BCUT2D eigenvalue weighted by Gasteiger charge is -2.15. The van der Waals surface area contributed by atoms with Crippen LogP contribution in [-0.2, 0) is 11.2 Å². The molecule has 0 heterocycles. The average Bonchev–Trinajstić information content (AvgIpc) is 2.44. The zero-order valence-electron chi connectivity index (χ0n) is 12.0. The van der Waals surface area contributed by atoms with Gasteiger partial charge in [-0.05, 0) is 43.9 Å². The van der Waals surface area contributed by atoms with Crippen LogP contribution in [0, 0.1) is 26.7 Å². The maximum Gasteiger partial charge on any atom is 0.227 e. The number of hydrogen-bond donors (Lipinski definition) is 1. The van der Waals surface area contributed by atoms with E-state index in [1.807, 2.05) is 62.4 Å². The van der Waals surface area contributed by atoms with Gasteiger partial charge in [-0.3, -0.25) is 4.79 Å². The normalized spacial score (nSPS) is 11.9. The van der Waals surface area contributed by atoms with Crippen LogP contribution in [-0.4, -0.2) is 5.91 Å². The molecule has 20 heavy (non-hydrogen) atoms. The Morgan fingerprint density at radius 3 is 2.25 bits per heavy atom. The molecule has 0 aliphatic carbocycles. The molecular formula is C18H20NO. The van der Waals surface area contributed by atoms with Crippen molar-refractivity contribution < 1.29 is 4.79 Å². The van der Waals surface area contributed by atoms with Crippen LogP contribution in [0.1, 0.15) is 16.7 Å². The van der Waals surface area contributed by atoms with Gasteiger partial charge in [-0.1, -0.05) is 48.5 Å². The summed E-state index contributed by atoms with van der Waals surface area (Å²) in [7, 11) is 0. The molecule has 0 bridgehead atoms. The topological polar surface area (TPSA) is 29.1 Å². The lowest BCUT2D eigenvalue weighted by molar-refractivity contribution is -0.118. The van der Waals surface area contributed by atoms with Crippen molar-refractivity contribution in [3.63, 3.8) is 0 Å². The second-order valence-electron chi connectivity index (χ2n) is 5.14. The third-order valence-electron chi connectivity index (χ3n) is 3.43. The first kappa shape index (κ1) is 14.3. The summed E-state index contributed by atoms with van der Waals surface area (Å²) in [4.78, 5) is 12.2. The standard InChI is InChI=1S/C18H20NO/c1-13-8-7-9-14(2)17(13)19-18(20)15(3)12-16-10-5-4-6-11-16/h4-11,15H,3,12H2,1-2H3,(H,19,20)/t15-/m0/s1. The van der Waals surface area contributed by atoms with Crippen LogP contribution in [0.5, 0.6) is 0 Å². The van der Waals surface area contributed by atoms with E-state index in [1.165, 1.54) is 0 Å². The highest BCUT2D eigenvalue weighted by Crippen LogP contribution is 2.20. The van der Waals surface area contributed by atoms with E-state index in [9.17, 15) is 4.79 Å². The first-order chi connectivity index (χ1) is 9.58. The molecule has 2 aromatic rings. The van der Waals surface area contributed by atoms with E-state index >= 15 is 0 Å². The number of hydrogen-bond acceptors (Lipinski definition) is 1.